The molecule has 20 heavy (non-hydrogen) atoms. The van der Waals surface area contributed by atoms with Crippen LogP contribution in [0.5, 0.6) is 0 Å². The Morgan fingerprint density at radius 2 is 2.00 bits per heavy atom. The summed E-state index contributed by atoms with van der Waals surface area (Å²) in [7, 11) is 0. The standard InChI is InChI=1S/C13H21F3N2O2/c1-11(2,3)20-10(19)18-7-9-6-17-5-4-12(9,8-18)13(14,15)16/h9,17H,4-8H2,1-3H3. The van der Waals surface area contributed by atoms with E-state index in [0.717, 1.165) is 0 Å². The summed E-state index contributed by atoms with van der Waals surface area (Å²) >= 11 is 0. The first-order valence-electron chi connectivity index (χ1n) is 6.80. The Balaban J connectivity index is 2.16. The van der Waals surface area contributed by atoms with Gasteiger partial charge in [-0.1, -0.05) is 0 Å². The van der Waals surface area contributed by atoms with E-state index in [-0.39, 0.29) is 19.5 Å². The second-order valence-corrected chi connectivity index (χ2v) is 6.67. The van der Waals surface area contributed by atoms with E-state index in [2.05, 4.69) is 5.32 Å². The van der Waals surface area contributed by atoms with Gasteiger partial charge in [0.15, 0.2) is 0 Å². The molecule has 2 heterocycles. The predicted octanol–water partition coefficient (Wildman–Crippen LogP) is 2.40. The molecule has 2 aliphatic rings. The molecule has 0 aliphatic carbocycles. The lowest BCUT2D eigenvalue weighted by Crippen LogP contribution is -2.53. The van der Waals surface area contributed by atoms with Crippen LogP contribution in [0.3, 0.4) is 0 Å². The molecule has 0 spiro atoms. The van der Waals surface area contributed by atoms with Gasteiger partial charge in [-0.15, -0.1) is 0 Å². The van der Waals surface area contributed by atoms with E-state index in [4.69, 9.17) is 4.74 Å². The Morgan fingerprint density at radius 1 is 1.35 bits per heavy atom. The van der Waals surface area contributed by atoms with E-state index in [0.29, 0.717) is 13.1 Å². The van der Waals surface area contributed by atoms with Crippen LogP contribution >= 0.6 is 0 Å². The minimum Gasteiger partial charge on any atom is -0.444 e. The first-order valence-corrected chi connectivity index (χ1v) is 6.80. The van der Waals surface area contributed by atoms with Crippen molar-refractivity contribution >= 4 is 6.09 Å². The van der Waals surface area contributed by atoms with Gasteiger partial charge < -0.3 is 15.0 Å². The number of nitrogens with zero attached hydrogens (tertiary/aromatic N) is 1. The van der Waals surface area contributed by atoms with Crippen LogP contribution in [-0.2, 0) is 4.74 Å². The fourth-order valence-corrected chi connectivity index (χ4v) is 3.03. The van der Waals surface area contributed by atoms with Gasteiger partial charge in [-0.25, -0.2) is 4.79 Å². The summed E-state index contributed by atoms with van der Waals surface area (Å²) in [5.74, 6) is -0.594. The van der Waals surface area contributed by atoms with E-state index < -0.39 is 29.2 Å². The van der Waals surface area contributed by atoms with Crippen molar-refractivity contribution in [2.75, 3.05) is 26.2 Å². The van der Waals surface area contributed by atoms with Gasteiger partial charge in [-0.2, -0.15) is 13.2 Å². The van der Waals surface area contributed by atoms with Crippen molar-refractivity contribution in [1.29, 1.82) is 0 Å². The molecule has 2 saturated heterocycles. The number of carbonyl (C=O) groups is 1. The predicted molar refractivity (Wildman–Crippen MR) is 67.3 cm³/mol. The molecule has 1 N–H and O–H groups in total. The van der Waals surface area contributed by atoms with Gasteiger partial charge in [0.25, 0.3) is 0 Å². The molecule has 1 amide bonds. The Morgan fingerprint density at radius 3 is 2.50 bits per heavy atom. The van der Waals surface area contributed by atoms with Gasteiger partial charge in [-0.05, 0) is 33.7 Å². The van der Waals surface area contributed by atoms with Gasteiger partial charge in [-0.3, -0.25) is 0 Å². The third kappa shape index (κ3) is 2.73. The Hall–Kier alpha value is -0.980. The molecule has 0 aromatic rings. The molecule has 0 bridgehead atoms. The van der Waals surface area contributed by atoms with Gasteiger partial charge in [0.05, 0.1) is 5.41 Å². The smallest absolute Gasteiger partial charge is 0.410 e. The van der Waals surface area contributed by atoms with E-state index in [9.17, 15) is 18.0 Å². The molecule has 2 aliphatic heterocycles. The van der Waals surface area contributed by atoms with E-state index in [1.807, 2.05) is 0 Å². The maximum atomic E-state index is 13.5. The van der Waals surface area contributed by atoms with E-state index in [1.165, 1.54) is 4.90 Å². The van der Waals surface area contributed by atoms with Crippen LogP contribution in [0.4, 0.5) is 18.0 Å². The zero-order chi connectivity index (χ0) is 15.2. The van der Waals surface area contributed by atoms with Crippen molar-refractivity contribution in [3.63, 3.8) is 0 Å². The zero-order valence-electron chi connectivity index (χ0n) is 12.0. The number of fused-ring (bicyclic) bond motifs is 1. The van der Waals surface area contributed by atoms with Gasteiger partial charge in [0, 0.05) is 25.6 Å². The maximum Gasteiger partial charge on any atom is 0.410 e. The van der Waals surface area contributed by atoms with Crippen molar-refractivity contribution in [3.8, 4) is 0 Å². The molecule has 0 radical (unpaired) electrons. The number of likely N-dealkylation sites (tertiary alicyclic amines) is 1. The third-order valence-corrected chi connectivity index (χ3v) is 4.05. The van der Waals surface area contributed by atoms with Gasteiger partial charge in [0.2, 0.25) is 0 Å². The Bertz CT molecular complexity index is 392. The van der Waals surface area contributed by atoms with E-state index in [1.54, 1.807) is 20.8 Å². The van der Waals surface area contributed by atoms with Crippen molar-refractivity contribution in [3.05, 3.63) is 0 Å². The molecule has 116 valence electrons. The number of ether oxygens (including phenoxy) is 1. The number of piperidine rings is 1. The molecule has 0 aromatic carbocycles. The highest BCUT2D eigenvalue weighted by atomic mass is 19.4. The highest BCUT2D eigenvalue weighted by Crippen LogP contribution is 2.52. The first kappa shape index (κ1) is 15.4. The average molecular weight is 294 g/mol. The highest BCUT2D eigenvalue weighted by molar-refractivity contribution is 5.68. The topological polar surface area (TPSA) is 41.6 Å². The Kier molecular flexibility index (Phi) is 3.69. The lowest BCUT2D eigenvalue weighted by atomic mass is 9.72. The zero-order valence-corrected chi connectivity index (χ0v) is 12.0. The number of carbonyl (C=O) groups excluding carboxylic acids is 1. The fourth-order valence-electron chi connectivity index (χ4n) is 3.03. The molecule has 0 saturated carbocycles. The van der Waals surface area contributed by atoms with Crippen molar-refractivity contribution in [2.45, 2.75) is 39.0 Å². The number of amides is 1. The van der Waals surface area contributed by atoms with Crippen LogP contribution in [0.2, 0.25) is 0 Å². The van der Waals surface area contributed by atoms with Crippen LogP contribution in [0.1, 0.15) is 27.2 Å². The summed E-state index contributed by atoms with van der Waals surface area (Å²) in [5, 5.41) is 2.98. The second-order valence-electron chi connectivity index (χ2n) is 6.67. The average Bonchev–Trinajstić information content (AvgIpc) is 2.66. The number of nitrogens with one attached hydrogen (secondary N) is 1. The number of halogens is 3. The van der Waals surface area contributed by atoms with Crippen molar-refractivity contribution < 1.29 is 22.7 Å². The summed E-state index contributed by atoms with van der Waals surface area (Å²) in [6.07, 6.45) is -4.94. The van der Waals surface area contributed by atoms with Gasteiger partial charge in [0.1, 0.15) is 5.60 Å². The van der Waals surface area contributed by atoms with Crippen LogP contribution in [0, 0.1) is 11.3 Å². The van der Waals surface area contributed by atoms with Crippen LogP contribution < -0.4 is 5.32 Å². The van der Waals surface area contributed by atoms with Crippen molar-refractivity contribution in [2.24, 2.45) is 11.3 Å². The molecule has 2 rings (SSSR count). The van der Waals surface area contributed by atoms with Crippen LogP contribution in [0.25, 0.3) is 0 Å². The molecule has 7 heteroatoms. The number of rotatable bonds is 0. The first-order chi connectivity index (χ1) is 9.05. The minimum absolute atomic E-state index is 0.0143. The highest BCUT2D eigenvalue weighted by Gasteiger charge is 2.64. The third-order valence-electron chi connectivity index (χ3n) is 4.05. The normalized spacial score (nSPS) is 31.1. The summed E-state index contributed by atoms with van der Waals surface area (Å²) in [6, 6.07) is 0. The van der Waals surface area contributed by atoms with Crippen LogP contribution in [-0.4, -0.2) is 48.9 Å². The van der Waals surface area contributed by atoms with Crippen molar-refractivity contribution in [1.82, 2.24) is 10.2 Å². The fraction of sp³-hybridized carbons (Fsp3) is 0.923. The van der Waals surface area contributed by atoms with Crippen LogP contribution in [0.15, 0.2) is 0 Å². The summed E-state index contributed by atoms with van der Waals surface area (Å²) < 4.78 is 45.6. The molecule has 0 aromatic heterocycles. The minimum atomic E-state index is -4.30. The quantitative estimate of drug-likeness (QED) is 0.746. The second kappa shape index (κ2) is 4.79. The maximum absolute atomic E-state index is 13.5. The molecular weight excluding hydrogens is 273 g/mol. The summed E-state index contributed by atoms with van der Waals surface area (Å²) in [6.45, 7) is 5.54. The number of hydrogen-bond acceptors (Lipinski definition) is 3. The molecule has 2 unspecified atom stereocenters. The molecule has 2 atom stereocenters. The summed E-state index contributed by atoms with van der Waals surface area (Å²) in [5.41, 5.74) is -2.48. The monoisotopic (exact) mass is 294 g/mol. The molecule has 2 fully saturated rings. The lowest BCUT2D eigenvalue weighted by Gasteiger charge is -2.40. The molecule has 4 nitrogen and oxygen atoms in total. The Labute approximate surface area is 116 Å². The number of alkyl halides is 3. The van der Waals surface area contributed by atoms with Gasteiger partial charge >= 0.3 is 12.3 Å². The largest absolute Gasteiger partial charge is 0.444 e. The van der Waals surface area contributed by atoms with E-state index >= 15 is 0 Å². The molecular formula is C13H21F3N2O2. The lowest BCUT2D eigenvalue weighted by molar-refractivity contribution is -0.238. The summed E-state index contributed by atoms with van der Waals surface area (Å²) in [4.78, 5) is 13.2. The SMILES string of the molecule is CC(C)(C)OC(=O)N1CC2CNCCC2(C(F)(F)F)C1. The number of hydrogen-bond donors (Lipinski definition) is 1.